The van der Waals surface area contributed by atoms with Crippen molar-refractivity contribution in [2.75, 3.05) is 18.1 Å². The largest absolute Gasteiger partial charge is 0.395 e. The molecule has 5 heteroatoms. The van der Waals surface area contributed by atoms with E-state index in [1.807, 2.05) is 35.2 Å². The lowest BCUT2D eigenvalue weighted by Crippen LogP contribution is -2.26. The normalized spacial score (nSPS) is 14.6. The molecule has 5 nitrogen and oxygen atoms in total. The van der Waals surface area contributed by atoms with Crippen LogP contribution in [0, 0.1) is 0 Å². The molecular formula is C14H17N3O2. The summed E-state index contributed by atoms with van der Waals surface area (Å²) in [5.74, 6) is 1.91. The third-order valence-electron chi connectivity index (χ3n) is 3.23. The predicted octanol–water partition coefficient (Wildman–Crippen LogP) is 1.95. The second-order valence-corrected chi connectivity index (χ2v) is 4.80. The van der Waals surface area contributed by atoms with Crippen LogP contribution in [0.4, 0.5) is 5.69 Å². The van der Waals surface area contributed by atoms with Crippen molar-refractivity contribution in [3.63, 3.8) is 0 Å². The van der Waals surface area contributed by atoms with Crippen LogP contribution in [0.5, 0.6) is 0 Å². The van der Waals surface area contributed by atoms with Gasteiger partial charge in [-0.1, -0.05) is 23.4 Å². The zero-order valence-corrected chi connectivity index (χ0v) is 10.7. The van der Waals surface area contributed by atoms with Gasteiger partial charge in [0.25, 0.3) is 0 Å². The number of rotatable bonds is 6. The standard InChI is InChI=1S/C14H17N3O2/c18-9-8-17(12-4-2-1-3-5-12)10-13-15-14(19-16-13)11-6-7-11/h1-5,11,18H,6-10H2. The summed E-state index contributed by atoms with van der Waals surface area (Å²) < 4.78 is 5.25. The molecule has 1 aromatic carbocycles. The van der Waals surface area contributed by atoms with Crippen molar-refractivity contribution < 1.29 is 9.63 Å². The summed E-state index contributed by atoms with van der Waals surface area (Å²) >= 11 is 0. The molecule has 0 amide bonds. The number of hydrogen-bond acceptors (Lipinski definition) is 5. The minimum atomic E-state index is 0.0994. The van der Waals surface area contributed by atoms with E-state index in [-0.39, 0.29) is 6.61 Å². The zero-order valence-electron chi connectivity index (χ0n) is 10.7. The first kappa shape index (κ1) is 12.2. The number of aliphatic hydroxyl groups excluding tert-OH is 1. The van der Waals surface area contributed by atoms with Crippen molar-refractivity contribution in [2.24, 2.45) is 0 Å². The Hall–Kier alpha value is -1.88. The van der Waals surface area contributed by atoms with Crippen LogP contribution in [0.15, 0.2) is 34.9 Å². The maximum Gasteiger partial charge on any atom is 0.229 e. The maximum atomic E-state index is 9.17. The topological polar surface area (TPSA) is 62.4 Å². The van der Waals surface area contributed by atoms with Crippen molar-refractivity contribution in [1.29, 1.82) is 0 Å². The molecule has 1 aromatic heterocycles. The highest BCUT2D eigenvalue weighted by molar-refractivity contribution is 5.45. The molecule has 0 saturated heterocycles. The fourth-order valence-electron chi connectivity index (χ4n) is 2.06. The number of benzene rings is 1. The molecule has 1 saturated carbocycles. The minimum Gasteiger partial charge on any atom is -0.395 e. The monoisotopic (exact) mass is 259 g/mol. The molecule has 0 radical (unpaired) electrons. The smallest absolute Gasteiger partial charge is 0.229 e. The highest BCUT2D eigenvalue weighted by Crippen LogP contribution is 2.38. The van der Waals surface area contributed by atoms with Crippen LogP contribution in [0.2, 0.25) is 0 Å². The molecule has 1 aliphatic rings. The van der Waals surface area contributed by atoms with Crippen LogP contribution in [0.1, 0.15) is 30.5 Å². The Bertz CT molecular complexity index is 522. The van der Waals surface area contributed by atoms with Crippen molar-refractivity contribution in [3.05, 3.63) is 42.0 Å². The summed E-state index contributed by atoms with van der Waals surface area (Å²) in [6.45, 7) is 1.21. The Morgan fingerprint density at radius 3 is 2.74 bits per heavy atom. The molecule has 1 fully saturated rings. The lowest BCUT2D eigenvalue weighted by atomic mass is 10.3. The molecule has 19 heavy (non-hydrogen) atoms. The van der Waals surface area contributed by atoms with Crippen LogP contribution < -0.4 is 4.90 Å². The molecule has 3 rings (SSSR count). The zero-order chi connectivity index (χ0) is 13.1. The van der Waals surface area contributed by atoms with Gasteiger partial charge in [-0.15, -0.1) is 0 Å². The van der Waals surface area contributed by atoms with E-state index in [4.69, 9.17) is 4.52 Å². The number of hydrogen-bond donors (Lipinski definition) is 1. The van der Waals surface area contributed by atoms with Gasteiger partial charge in [0, 0.05) is 18.2 Å². The third-order valence-corrected chi connectivity index (χ3v) is 3.23. The minimum absolute atomic E-state index is 0.0994. The average molecular weight is 259 g/mol. The molecule has 0 aliphatic heterocycles. The molecule has 0 atom stereocenters. The van der Waals surface area contributed by atoms with Gasteiger partial charge in [0.2, 0.25) is 5.89 Å². The molecule has 1 aliphatic carbocycles. The van der Waals surface area contributed by atoms with Gasteiger partial charge in [0.1, 0.15) is 0 Å². The van der Waals surface area contributed by atoms with Crippen molar-refractivity contribution in [1.82, 2.24) is 10.1 Å². The number of aromatic nitrogens is 2. The number of para-hydroxylation sites is 1. The Labute approximate surface area is 111 Å². The lowest BCUT2D eigenvalue weighted by molar-refractivity contribution is 0.300. The van der Waals surface area contributed by atoms with Crippen molar-refractivity contribution in [3.8, 4) is 0 Å². The van der Waals surface area contributed by atoms with Gasteiger partial charge < -0.3 is 14.5 Å². The van der Waals surface area contributed by atoms with E-state index in [9.17, 15) is 5.11 Å². The first-order valence-electron chi connectivity index (χ1n) is 6.60. The summed E-state index contributed by atoms with van der Waals surface area (Å²) in [5.41, 5.74) is 1.05. The maximum absolute atomic E-state index is 9.17. The van der Waals surface area contributed by atoms with E-state index in [0.29, 0.717) is 24.8 Å². The summed E-state index contributed by atoms with van der Waals surface area (Å²) in [4.78, 5) is 6.46. The Morgan fingerprint density at radius 1 is 1.26 bits per heavy atom. The van der Waals surface area contributed by atoms with Gasteiger partial charge in [-0.3, -0.25) is 0 Å². The summed E-state index contributed by atoms with van der Waals surface area (Å²) in [6, 6.07) is 9.95. The van der Waals surface area contributed by atoms with Crippen molar-refractivity contribution >= 4 is 5.69 Å². The van der Waals surface area contributed by atoms with E-state index < -0.39 is 0 Å². The van der Waals surface area contributed by atoms with E-state index in [1.54, 1.807) is 0 Å². The van der Waals surface area contributed by atoms with Gasteiger partial charge in [0.15, 0.2) is 5.82 Å². The second kappa shape index (κ2) is 5.40. The Balaban J connectivity index is 1.73. The Kier molecular flexibility index (Phi) is 3.46. The van der Waals surface area contributed by atoms with E-state index >= 15 is 0 Å². The fourth-order valence-corrected chi connectivity index (χ4v) is 2.06. The molecule has 0 spiro atoms. The van der Waals surface area contributed by atoms with Crippen LogP contribution in [0.25, 0.3) is 0 Å². The number of nitrogens with zero attached hydrogens (tertiary/aromatic N) is 3. The van der Waals surface area contributed by atoms with Crippen LogP contribution >= 0.6 is 0 Å². The molecule has 0 unspecified atom stereocenters. The second-order valence-electron chi connectivity index (χ2n) is 4.80. The first-order chi connectivity index (χ1) is 9.36. The number of aliphatic hydroxyl groups is 1. The van der Waals surface area contributed by atoms with Gasteiger partial charge in [-0.2, -0.15) is 4.98 Å². The first-order valence-corrected chi connectivity index (χ1v) is 6.60. The molecule has 1 heterocycles. The summed E-state index contributed by atoms with van der Waals surface area (Å²) in [6.07, 6.45) is 2.31. The van der Waals surface area contributed by atoms with Crippen LogP contribution in [0.3, 0.4) is 0 Å². The quantitative estimate of drug-likeness (QED) is 0.859. The molecule has 1 N–H and O–H groups in total. The lowest BCUT2D eigenvalue weighted by Gasteiger charge is -2.21. The SMILES string of the molecule is OCCN(Cc1noc(C2CC2)n1)c1ccccc1. The van der Waals surface area contributed by atoms with Crippen LogP contribution in [-0.2, 0) is 6.54 Å². The predicted molar refractivity (Wildman–Crippen MR) is 70.9 cm³/mol. The molecule has 0 bridgehead atoms. The molecular weight excluding hydrogens is 242 g/mol. The molecule has 100 valence electrons. The highest BCUT2D eigenvalue weighted by atomic mass is 16.5. The van der Waals surface area contributed by atoms with Gasteiger partial charge >= 0.3 is 0 Å². The average Bonchev–Trinajstić information content (AvgIpc) is 3.20. The highest BCUT2D eigenvalue weighted by Gasteiger charge is 2.29. The van der Waals surface area contributed by atoms with Gasteiger partial charge in [-0.05, 0) is 25.0 Å². The third kappa shape index (κ3) is 2.93. The molecule has 2 aromatic rings. The summed E-state index contributed by atoms with van der Waals surface area (Å²) in [5, 5.41) is 13.2. The van der Waals surface area contributed by atoms with E-state index in [1.165, 1.54) is 0 Å². The fraction of sp³-hybridized carbons (Fsp3) is 0.429. The van der Waals surface area contributed by atoms with Gasteiger partial charge in [-0.25, -0.2) is 0 Å². The Morgan fingerprint density at radius 2 is 2.05 bits per heavy atom. The van der Waals surface area contributed by atoms with E-state index in [2.05, 4.69) is 10.1 Å². The van der Waals surface area contributed by atoms with Crippen molar-refractivity contribution in [2.45, 2.75) is 25.3 Å². The van der Waals surface area contributed by atoms with E-state index in [0.717, 1.165) is 24.4 Å². The van der Waals surface area contributed by atoms with Crippen LogP contribution in [-0.4, -0.2) is 28.4 Å². The van der Waals surface area contributed by atoms with Gasteiger partial charge in [0.05, 0.1) is 13.2 Å². The number of anilines is 1. The summed E-state index contributed by atoms with van der Waals surface area (Å²) in [7, 11) is 0.